The molecule has 0 spiro atoms. The fraction of sp³-hybridized carbons (Fsp3) is 0.571. The quantitative estimate of drug-likeness (QED) is 0.547. The third-order valence-corrected chi connectivity index (χ3v) is 3.78. The molecule has 1 aromatic carbocycles. The van der Waals surface area contributed by atoms with E-state index < -0.39 is 35.7 Å². The van der Waals surface area contributed by atoms with E-state index in [9.17, 15) is 19.5 Å². The van der Waals surface area contributed by atoms with Crippen LogP contribution in [0.1, 0.15) is 47.9 Å². The van der Waals surface area contributed by atoms with Crippen LogP contribution in [0, 0.1) is 5.92 Å². The Hall–Kier alpha value is -2.61. The zero-order valence-corrected chi connectivity index (χ0v) is 17.4. The van der Waals surface area contributed by atoms with Gasteiger partial charge in [0, 0.05) is 1.37 Å². The summed E-state index contributed by atoms with van der Waals surface area (Å²) in [6.07, 6.45) is -0.590. The van der Waals surface area contributed by atoms with Gasteiger partial charge in [-0.3, -0.25) is 4.79 Å². The average molecular weight is 410 g/mol. The molecule has 0 saturated carbocycles. The molecule has 2 amide bonds. The van der Waals surface area contributed by atoms with Crippen LogP contribution in [-0.2, 0) is 25.7 Å². The zero-order valence-electron chi connectivity index (χ0n) is 18.4. The predicted octanol–water partition coefficient (Wildman–Crippen LogP) is 2.71. The van der Waals surface area contributed by atoms with Gasteiger partial charge in [-0.25, -0.2) is 9.59 Å². The van der Waals surface area contributed by atoms with Crippen molar-refractivity contribution in [3.05, 3.63) is 35.9 Å². The number of ether oxygens (including phenoxy) is 2. The maximum atomic E-state index is 12.7. The molecule has 162 valence electrons. The Bertz CT molecular complexity index is 696. The number of hydrogen-bond donors (Lipinski definition) is 3. The van der Waals surface area contributed by atoms with Gasteiger partial charge in [0.2, 0.25) is 5.91 Å². The lowest BCUT2D eigenvalue weighted by atomic mass is 10.0. The summed E-state index contributed by atoms with van der Waals surface area (Å²) in [6.45, 7) is 6.79. The predicted molar refractivity (Wildman–Crippen MR) is 108 cm³/mol. The highest BCUT2D eigenvalue weighted by atomic mass is 16.5. The first-order valence-electron chi connectivity index (χ1n) is 10.2. The van der Waals surface area contributed by atoms with Crippen LogP contribution >= 0.6 is 0 Å². The van der Waals surface area contributed by atoms with Crippen LogP contribution in [0.3, 0.4) is 0 Å². The monoisotopic (exact) mass is 409 g/mol. The summed E-state index contributed by atoms with van der Waals surface area (Å²) in [6, 6.07) is 6.78. The summed E-state index contributed by atoms with van der Waals surface area (Å²) in [7, 11) is 0. The van der Waals surface area contributed by atoms with Crippen molar-refractivity contribution >= 4 is 18.0 Å². The van der Waals surface area contributed by atoms with Crippen LogP contribution in [0.5, 0.6) is 0 Å². The molecule has 29 heavy (non-hydrogen) atoms. The minimum absolute atomic E-state index is 0.0190. The van der Waals surface area contributed by atoms with Gasteiger partial charge in [-0.2, -0.15) is 0 Å². The zero-order chi connectivity index (χ0) is 22.7. The highest BCUT2D eigenvalue weighted by molar-refractivity contribution is 5.89. The topological polar surface area (TPSA) is 114 Å². The van der Waals surface area contributed by atoms with Gasteiger partial charge < -0.3 is 25.2 Å². The van der Waals surface area contributed by atoms with Gasteiger partial charge in [0.05, 0.1) is 12.2 Å². The highest BCUT2D eigenvalue weighted by Crippen LogP contribution is 2.09. The van der Waals surface area contributed by atoms with E-state index in [4.69, 9.17) is 10.8 Å². The second-order valence-electron chi connectivity index (χ2n) is 7.86. The first-order valence-corrected chi connectivity index (χ1v) is 9.47. The van der Waals surface area contributed by atoms with Gasteiger partial charge in [-0.15, -0.1) is 0 Å². The third kappa shape index (κ3) is 10.5. The summed E-state index contributed by atoms with van der Waals surface area (Å²) in [5, 5.41) is 14.2. The Morgan fingerprint density at radius 3 is 2.34 bits per heavy atom. The van der Waals surface area contributed by atoms with Crippen molar-refractivity contribution in [3.8, 4) is 0 Å². The molecule has 0 aliphatic carbocycles. The number of carboxylic acids is 1. The summed E-state index contributed by atoms with van der Waals surface area (Å²) < 4.78 is 18.2. The lowest BCUT2D eigenvalue weighted by molar-refractivity contribution is -0.143. The maximum Gasteiger partial charge on any atom is 0.408 e. The molecule has 3 N–H and O–H groups in total. The number of aliphatic carboxylic acids is 1. The van der Waals surface area contributed by atoms with E-state index >= 15 is 0 Å². The Morgan fingerprint density at radius 2 is 1.79 bits per heavy atom. The molecule has 0 heterocycles. The minimum Gasteiger partial charge on any atom is -0.480 e. The van der Waals surface area contributed by atoms with Crippen molar-refractivity contribution < 1.29 is 30.3 Å². The molecule has 0 aromatic heterocycles. The first-order chi connectivity index (χ1) is 14.0. The van der Waals surface area contributed by atoms with Gasteiger partial charge in [0.15, 0.2) is 0 Å². The number of carboxylic acid groups (broad SMARTS) is 1. The van der Waals surface area contributed by atoms with Crippen LogP contribution < -0.4 is 10.6 Å². The Labute approximate surface area is 173 Å². The van der Waals surface area contributed by atoms with Gasteiger partial charge in [-0.1, -0.05) is 44.2 Å². The molecule has 0 aliphatic rings. The lowest BCUT2D eigenvalue weighted by Crippen LogP contribution is -2.54. The van der Waals surface area contributed by atoms with E-state index in [0.717, 1.165) is 5.56 Å². The molecular weight excluding hydrogens is 376 g/mol. The summed E-state index contributed by atoms with van der Waals surface area (Å²) in [5.41, 5.74) is -0.0544. The van der Waals surface area contributed by atoms with Crippen molar-refractivity contribution in [2.75, 3.05) is 6.61 Å². The van der Waals surface area contributed by atoms with E-state index in [2.05, 4.69) is 10.6 Å². The third-order valence-electron chi connectivity index (χ3n) is 3.78. The Morgan fingerprint density at radius 1 is 1.14 bits per heavy atom. The average Bonchev–Trinajstić information content (AvgIpc) is 2.69. The van der Waals surface area contributed by atoms with Gasteiger partial charge >= 0.3 is 12.1 Å². The number of benzene rings is 1. The molecule has 0 saturated heterocycles. The van der Waals surface area contributed by atoms with Crippen molar-refractivity contribution in [1.29, 1.82) is 0 Å². The molecule has 0 aliphatic heterocycles. The number of carbonyl (C=O) groups is 3. The number of carbonyl (C=O) groups excluding carboxylic acids is 2. The first kappa shape index (κ1) is 22.7. The van der Waals surface area contributed by atoms with Crippen molar-refractivity contribution in [1.82, 2.24) is 10.6 Å². The number of nitrogens with one attached hydrogen (secondary N) is 2. The molecule has 8 heteroatoms. The number of amides is 2. The summed E-state index contributed by atoms with van der Waals surface area (Å²) in [5.74, 6) is -1.80. The van der Waals surface area contributed by atoms with Crippen LogP contribution in [0.2, 0.25) is 0 Å². The molecule has 0 unspecified atom stereocenters. The minimum atomic E-state index is -1.17. The second kappa shape index (κ2) is 11.4. The molecule has 0 bridgehead atoms. The van der Waals surface area contributed by atoms with E-state index in [1.54, 1.807) is 26.0 Å². The standard InChI is InChI=1S/C21H32N2O6/c1-14(2)11-16(19(25)26)22-18(24)17(13-29-21(3,4)5)23-20(27)28-12-15-9-7-6-8-10-15/h6-10,14,16-17H,11-13H2,1-5H3,(H,22,24)(H,23,27)(H,25,26)/t16-,17-/m0/s1/i3D. The Balaban J connectivity index is 2.79. The van der Waals surface area contributed by atoms with E-state index in [0.29, 0.717) is 0 Å². The van der Waals surface area contributed by atoms with Crippen LogP contribution in [0.25, 0.3) is 0 Å². The smallest absolute Gasteiger partial charge is 0.408 e. The molecule has 1 aromatic rings. The normalized spacial score (nSPS) is 13.9. The largest absolute Gasteiger partial charge is 0.480 e. The van der Waals surface area contributed by atoms with Gasteiger partial charge in [0.1, 0.15) is 18.7 Å². The number of alkyl carbamates (subject to hydrolysis) is 1. The fourth-order valence-electron chi connectivity index (χ4n) is 2.36. The summed E-state index contributed by atoms with van der Waals surface area (Å²) in [4.78, 5) is 36.3. The van der Waals surface area contributed by atoms with Crippen LogP contribution in [0.15, 0.2) is 30.3 Å². The SMILES string of the molecule is [2H]CC(C)(C)OC[C@H](NC(=O)OCc1ccccc1)C(=O)N[C@@H](CC(C)C)C(=O)O. The summed E-state index contributed by atoms with van der Waals surface area (Å²) >= 11 is 0. The molecule has 8 nitrogen and oxygen atoms in total. The molecule has 0 radical (unpaired) electrons. The number of hydrogen-bond acceptors (Lipinski definition) is 5. The van der Waals surface area contributed by atoms with Crippen molar-refractivity contribution in [3.63, 3.8) is 0 Å². The molecule has 2 atom stereocenters. The van der Waals surface area contributed by atoms with Crippen molar-refractivity contribution in [2.45, 2.75) is 65.3 Å². The van der Waals surface area contributed by atoms with E-state index in [-0.39, 0.29) is 32.5 Å². The van der Waals surface area contributed by atoms with E-state index in [1.807, 2.05) is 32.0 Å². The molecular formula is C21H32N2O6. The molecule has 1 rings (SSSR count). The van der Waals surface area contributed by atoms with Crippen LogP contribution in [-0.4, -0.2) is 47.4 Å². The number of rotatable bonds is 10. The maximum absolute atomic E-state index is 12.7. The highest BCUT2D eigenvalue weighted by Gasteiger charge is 2.29. The second-order valence-corrected chi connectivity index (χ2v) is 7.86. The van der Waals surface area contributed by atoms with Crippen LogP contribution in [0.4, 0.5) is 4.79 Å². The van der Waals surface area contributed by atoms with Gasteiger partial charge in [-0.05, 0) is 38.6 Å². The lowest BCUT2D eigenvalue weighted by Gasteiger charge is -2.26. The Kier molecular flexibility index (Phi) is 8.92. The van der Waals surface area contributed by atoms with E-state index in [1.165, 1.54) is 0 Å². The van der Waals surface area contributed by atoms with Gasteiger partial charge in [0.25, 0.3) is 0 Å². The fourth-order valence-corrected chi connectivity index (χ4v) is 2.36. The molecule has 0 fully saturated rings. The van der Waals surface area contributed by atoms with Crippen molar-refractivity contribution in [2.24, 2.45) is 5.92 Å².